The number of carbonyl (C=O) groups excluding carboxylic acids is 1. The third kappa shape index (κ3) is 3.34. The van der Waals surface area contributed by atoms with Crippen molar-refractivity contribution < 1.29 is 9.53 Å². The highest BCUT2D eigenvalue weighted by molar-refractivity contribution is 9.10. The average molecular weight is 271 g/mol. The number of halogens is 1. The molecule has 0 bridgehead atoms. The number of Topliss-reactive ketones (excluding diaryl/α,β-unsaturated/α-hetero) is 1. The molecule has 0 aliphatic carbocycles. The van der Waals surface area contributed by atoms with Gasteiger partial charge in [-0.25, -0.2) is 0 Å². The van der Waals surface area contributed by atoms with E-state index in [4.69, 9.17) is 4.74 Å². The van der Waals surface area contributed by atoms with Crippen molar-refractivity contribution in [3.8, 4) is 5.75 Å². The van der Waals surface area contributed by atoms with Gasteiger partial charge in [-0.1, -0.05) is 6.92 Å². The predicted molar refractivity (Wildman–Crippen MR) is 64.5 cm³/mol. The van der Waals surface area contributed by atoms with Crippen LogP contribution in [-0.2, 0) is 0 Å². The first kappa shape index (κ1) is 12.2. The molecule has 0 spiro atoms. The summed E-state index contributed by atoms with van der Waals surface area (Å²) in [4.78, 5) is 11.1. The van der Waals surface area contributed by atoms with E-state index in [-0.39, 0.29) is 11.9 Å². The van der Waals surface area contributed by atoms with Crippen LogP contribution in [0.1, 0.15) is 37.6 Å². The van der Waals surface area contributed by atoms with Gasteiger partial charge in [-0.3, -0.25) is 4.79 Å². The minimum atomic E-state index is 0.0609. The number of hydrogen-bond donors (Lipinski definition) is 0. The Morgan fingerprint density at radius 2 is 2.20 bits per heavy atom. The quantitative estimate of drug-likeness (QED) is 0.778. The molecule has 0 saturated heterocycles. The summed E-state index contributed by atoms with van der Waals surface area (Å²) in [7, 11) is 0. The van der Waals surface area contributed by atoms with Gasteiger partial charge in [0.2, 0.25) is 0 Å². The Bertz CT molecular complexity index is 361. The number of rotatable bonds is 4. The van der Waals surface area contributed by atoms with Crippen molar-refractivity contribution in [1.29, 1.82) is 0 Å². The number of hydrogen-bond acceptors (Lipinski definition) is 2. The molecule has 0 N–H and O–H groups in total. The zero-order valence-electron chi connectivity index (χ0n) is 9.21. The molecule has 1 unspecified atom stereocenters. The summed E-state index contributed by atoms with van der Waals surface area (Å²) in [6.45, 7) is 5.64. The molecule has 0 aliphatic rings. The summed E-state index contributed by atoms with van der Waals surface area (Å²) < 4.78 is 6.50. The monoisotopic (exact) mass is 270 g/mol. The van der Waals surface area contributed by atoms with Gasteiger partial charge in [0, 0.05) is 5.56 Å². The second-order valence-corrected chi connectivity index (χ2v) is 4.39. The lowest BCUT2D eigenvalue weighted by Crippen LogP contribution is -2.10. The Labute approximate surface area is 98.8 Å². The SMILES string of the molecule is CCC(C)Oc1ccc(C(C)=O)cc1Br. The topological polar surface area (TPSA) is 26.3 Å². The number of carbonyl (C=O) groups is 1. The zero-order chi connectivity index (χ0) is 11.4. The lowest BCUT2D eigenvalue weighted by Gasteiger charge is -2.14. The van der Waals surface area contributed by atoms with Crippen molar-refractivity contribution in [3.05, 3.63) is 28.2 Å². The van der Waals surface area contributed by atoms with Gasteiger partial charge in [0.15, 0.2) is 5.78 Å². The highest BCUT2D eigenvalue weighted by Crippen LogP contribution is 2.27. The van der Waals surface area contributed by atoms with Crippen molar-refractivity contribution in [2.24, 2.45) is 0 Å². The molecular formula is C12H15BrO2. The molecule has 0 radical (unpaired) electrons. The van der Waals surface area contributed by atoms with Crippen LogP contribution in [0.15, 0.2) is 22.7 Å². The Hall–Kier alpha value is -0.830. The molecule has 1 rings (SSSR count). The molecule has 1 aromatic carbocycles. The first-order chi connectivity index (χ1) is 7.04. The summed E-state index contributed by atoms with van der Waals surface area (Å²) in [5.74, 6) is 0.847. The molecule has 0 aliphatic heterocycles. The molecule has 1 atom stereocenters. The molecule has 3 heteroatoms. The van der Waals surface area contributed by atoms with Crippen molar-refractivity contribution in [2.75, 3.05) is 0 Å². The van der Waals surface area contributed by atoms with Crippen molar-refractivity contribution in [1.82, 2.24) is 0 Å². The Morgan fingerprint density at radius 3 is 2.67 bits per heavy atom. The van der Waals surface area contributed by atoms with E-state index in [2.05, 4.69) is 22.9 Å². The molecule has 1 aromatic rings. The zero-order valence-corrected chi connectivity index (χ0v) is 10.8. The molecule has 0 saturated carbocycles. The lowest BCUT2D eigenvalue weighted by atomic mass is 10.1. The third-order valence-corrected chi connectivity index (χ3v) is 2.86. The number of ketones is 1. The summed E-state index contributed by atoms with van der Waals surface area (Å²) in [6, 6.07) is 5.40. The van der Waals surface area contributed by atoms with Gasteiger partial charge >= 0.3 is 0 Å². The second kappa shape index (κ2) is 5.31. The number of benzene rings is 1. The fourth-order valence-electron chi connectivity index (χ4n) is 1.12. The van der Waals surface area contributed by atoms with Crippen LogP contribution in [0.5, 0.6) is 5.75 Å². The summed E-state index contributed by atoms with van der Waals surface area (Å²) in [5.41, 5.74) is 0.693. The molecule has 0 aromatic heterocycles. The van der Waals surface area contributed by atoms with Crippen LogP contribution in [0.3, 0.4) is 0 Å². The van der Waals surface area contributed by atoms with E-state index in [0.29, 0.717) is 5.56 Å². The minimum Gasteiger partial charge on any atom is -0.490 e. The summed E-state index contributed by atoms with van der Waals surface area (Å²) in [5, 5.41) is 0. The highest BCUT2D eigenvalue weighted by atomic mass is 79.9. The molecule has 2 nitrogen and oxygen atoms in total. The molecular weight excluding hydrogens is 256 g/mol. The third-order valence-electron chi connectivity index (χ3n) is 2.24. The molecule has 0 amide bonds. The summed E-state index contributed by atoms with van der Waals surface area (Å²) >= 11 is 3.40. The standard InChI is InChI=1S/C12H15BrO2/c1-4-8(2)15-12-6-5-10(9(3)14)7-11(12)13/h5-8H,4H2,1-3H3. The first-order valence-electron chi connectivity index (χ1n) is 5.01. The van der Waals surface area contributed by atoms with Gasteiger partial charge in [0.05, 0.1) is 10.6 Å². The van der Waals surface area contributed by atoms with Gasteiger partial charge in [-0.05, 0) is 54.4 Å². The van der Waals surface area contributed by atoms with E-state index in [9.17, 15) is 4.79 Å². The fraction of sp³-hybridized carbons (Fsp3) is 0.417. The van der Waals surface area contributed by atoms with Gasteiger partial charge in [0.25, 0.3) is 0 Å². The van der Waals surface area contributed by atoms with Crippen LogP contribution in [0.25, 0.3) is 0 Å². The van der Waals surface area contributed by atoms with Crippen molar-refractivity contribution in [2.45, 2.75) is 33.3 Å². The second-order valence-electron chi connectivity index (χ2n) is 3.54. The Balaban J connectivity index is 2.88. The molecule has 15 heavy (non-hydrogen) atoms. The van der Waals surface area contributed by atoms with Crippen molar-refractivity contribution in [3.63, 3.8) is 0 Å². The van der Waals surface area contributed by atoms with Crippen LogP contribution in [0.4, 0.5) is 0 Å². The van der Waals surface area contributed by atoms with Crippen LogP contribution in [0, 0.1) is 0 Å². The normalized spacial score (nSPS) is 12.3. The maximum absolute atomic E-state index is 11.1. The van der Waals surface area contributed by atoms with Gasteiger partial charge < -0.3 is 4.74 Å². The van der Waals surface area contributed by atoms with Gasteiger partial charge in [-0.15, -0.1) is 0 Å². The van der Waals surface area contributed by atoms with Crippen LogP contribution in [-0.4, -0.2) is 11.9 Å². The Kier molecular flexibility index (Phi) is 4.33. The smallest absolute Gasteiger partial charge is 0.159 e. The Morgan fingerprint density at radius 1 is 1.53 bits per heavy atom. The van der Waals surface area contributed by atoms with Crippen LogP contribution < -0.4 is 4.74 Å². The summed E-state index contributed by atoms with van der Waals surface area (Å²) in [6.07, 6.45) is 1.14. The molecule has 0 fully saturated rings. The molecule has 0 heterocycles. The largest absolute Gasteiger partial charge is 0.490 e. The van der Waals surface area contributed by atoms with Gasteiger partial charge in [-0.2, -0.15) is 0 Å². The predicted octanol–water partition coefficient (Wildman–Crippen LogP) is 3.83. The minimum absolute atomic E-state index is 0.0609. The van der Waals surface area contributed by atoms with Crippen LogP contribution >= 0.6 is 15.9 Å². The van der Waals surface area contributed by atoms with Crippen LogP contribution in [0.2, 0.25) is 0 Å². The van der Waals surface area contributed by atoms with E-state index in [0.717, 1.165) is 16.6 Å². The average Bonchev–Trinajstić information content (AvgIpc) is 2.20. The van der Waals surface area contributed by atoms with E-state index < -0.39 is 0 Å². The van der Waals surface area contributed by atoms with E-state index >= 15 is 0 Å². The first-order valence-corrected chi connectivity index (χ1v) is 5.81. The van der Waals surface area contributed by atoms with E-state index in [1.54, 1.807) is 19.1 Å². The maximum atomic E-state index is 11.1. The van der Waals surface area contributed by atoms with E-state index in [1.165, 1.54) is 0 Å². The van der Waals surface area contributed by atoms with E-state index in [1.807, 2.05) is 13.0 Å². The maximum Gasteiger partial charge on any atom is 0.159 e. The lowest BCUT2D eigenvalue weighted by molar-refractivity contribution is 0.101. The number of ether oxygens (including phenoxy) is 1. The van der Waals surface area contributed by atoms with Gasteiger partial charge in [0.1, 0.15) is 5.75 Å². The van der Waals surface area contributed by atoms with Crippen molar-refractivity contribution >= 4 is 21.7 Å². The molecule has 82 valence electrons. The fourth-order valence-corrected chi connectivity index (χ4v) is 1.59. The highest BCUT2D eigenvalue weighted by Gasteiger charge is 2.07.